The van der Waals surface area contributed by atoms with Gasteiger partial charge in [0.15, 0.2) is 5.65 Å². The van der Waals surface area contributed by atoms with Crippen molar-refractivity contribution in [1.29, 1.82) is 0 Å². The van der Waals surface area contributed by atoms with E-state index in [1.54, 1.807) is 23.7 Å². The Morgan fingerprint density at radius 3 is 3.07 bits per heavy atom. The van der Waals surface area contributed by atoms with Crippen LogP contribution in [0.4, 0.5) is 10.2 Å². The second-order valence-electron chi connectivity index (χ2n) is 7.23. The van der Waals surface area contributed by atoms with Crippen molar-refractivity contribution in [3.63, 3.8) is 0 Å². The number of hydrogen-bond donors (Lipinski definition) is 1. The fourth-order valence-electron chi connectivity index (χ4n) is 3.96. The van der Waals surface area contributed by atoms with Gasteiger partial charge >= 0.3 is 5.97 Å². The van der Waals surface area contributed by atoms with E-state index in [9.17, 15) is 9.18 Å². The summed E-state index contributed by atoms with van der Waals surface area (Å²) in [5.74, 6) is -0.0625. The quantitative estimate of drug-likeness (QED) is 0.597. The monoisotopic (exact) mass is 412 g/mol. The number of hydrogen-bond acceptors (Lipinski definition) is 7. The van der Waals surface area contributed by atoms with E-state index in [0.29, 0.717) is 11.2 Å². The summed E-state index contributed by atoms with van der Waals surface area (Å²) in [6.45, 7) is 3.60. The molecule has 0 unspecified atom stereocenters. The number of pyridine rings is 1. The van der Waals surface area contributed by atoms with Crippen molar-refractivity contribution in [2.75, 3.05) is 31.6 Å². The van der Waals surface area contributed by atoms with Crippen LogP contribution in [-0.4, -0.2) is 52.3 Å². The topological polar surface area (TPSA) is 84.6 Å². The van der Waals surface area contributed by atoms with Crippen LogP contribution >= 0.6 is 0 Å². The van der Waals surface area contributed by atoms with Crippen LogP contribution in [0.25, 0.3) is 5.65 Å². The zero-order chi connectivity index (χ0) is 21.1. The van der Waals surface area contributed by atoms with Gasteiger partial charge in [0.05, 0.1) is 25.0 Å². The Bertz CT molecular complexity index is 1050. The number of fused-ring (bicyclic) bond motifs is 1. The van der Waals surface area contributed by atoms with Crippen LogP contribution in [0.1, 0.15) is 47.4 Å². The Labute approximate surface area is 174 Å². The first-order valence-electron chi connectivity index (χ1n) is 10.2. The third-order valence-electron chi connectivity index (χ3n) is 5.34. The van der Waals surface area contributed by atoms with E-state index in [4.69, 9.17) is 9.72 Å². The number of nitrogens with one attached hydrogen (secondary N) is 1. The van der Waals surface area contributed by atoms with Crippen LogP contribution in [0, 0.1) is 5.82 Å². The van der Waals surface area contributed by atoms with Crippen LogP contribution in [0.15, 0.2) is 30.7 Å². The maximum atomic E-state index is 14.1. The standard InChI is InChI=1S/C21H25FN6O2/c1-3-30-21(29)16-13-25-28-10-7-19(26-20(16)28)27-9-4-5-18(27)15-11-14(22)12-24-17(15)6-8-23-2/h7,10-13,18,23H,3-6,8-9H2,1-2H3/t18-/m0/s1. The molecule has 30 heavy (non-hydrogen) atoms. The first-order valence-corrected chi connectivity index (χ1v) is 10.2. The van der Waals surface area contributed by atoms with Gasteiger partial charge in [-0.05, 0) is 44.5 Å². The Balaban J connectivity index is 1.70. The fourth-order valence-corrected chi connectivity index (χ4v) is 3.96. The van der Waals surface area contributed by atoms with Gasteiger partial charge < -0.3 is 15.0 Å². The Kier molecular flexibility index (Phi) is 5.89. The second-order valence-corrected chi connectivity index (χ2v) is 7.23. The number of halogens is 1. The highest BCUT2D eigenvalue weighted by molar-refractivity contribution is 5.95. The first-order chi connectivity index (χ1) is 14.6. The molecule has 0 amide bonds. The lowest BCUT2D eigenvalue weighted by Crippen LogP contribution is -2.26. The summed E-state index contributed by atoms with van der Waals surface area (Å²) in [4.78, 5) is 23.4. The highest BCUT2D eigenvalue weighted by Crippen LogP contribution is 2.37. The molecular formula is C21H25FN6O2. The van der Waals surface area contributed by atoms with Gasteiger partial charge in [0.25, 0.3) is 0 Å². The summed E-state index contributed by atoms with van der Waals surface area (Å²) in [7, 11) is 1.89. The highest BCUT2D eigenvalue weighted by atomic mass is 19.1. The Morgan fingerprint density at radius 1 is 1.40 bits per heavy atom. The molecule has 0 bridgehead atoms. The van der Waals surface area contributed by atoms with Gasteiger partial charge in [-0.2, -0.15) is 5.10 Å². The first kappa shape index (κ1) is 20.2. The summed E-state index contributed by atoms with van der Waals surface area (Å²) >= 11 is 0. The molecule has 4 heterocycles. The summed E-state index contributed by atoms with van der Waals surface area (Å²) in [5.41, 5.74) is 2.56. The van der Waals surface area contributed by atoms with E-state index in [-0.39, 0.29) is 18.5 Å². The predicted octanol–water partition coefficient (Wildman–Crippen LogP) is 2.54. The van der Waals surface area contributed by atoms with Crippen molar-refractivity contribution in [3.8, 4) is 0 Å². The minimum Gasteiger partial charge on any atom is -0.462 e. The zero-order valence-electron chi connectivity index (χ0n) is 17.1. The molecule has 0 aliphatic carbocycles. The largest absolute Gasteiger partial charge is 0.462 e. The molecule has 9 heteroatoms. The lowest BCUT2D eigenvalue weighted by molar-refractivity contribution is 0.0528. The number of likely N-dealkylation sites (N-methyl/N-ethyl adjacent to an activating group) is 1. The molecule has 0 saturated carbocycles. The van der Waals surface area contributed by atoms with E-state index in [1.165, 1.54) is 12.4 Å². The number of carbonyl (C=O) groups excluding carboxylic acids is 1. The highest BCUT2D eigenvalue weighted by Gasteiger charge is 2.30. The lowest BCUT2D eigenvalue weighted by atomic mass is 10.0. The Morgan fingerprint density at radius 2 is 2.27 bits per heavy atom. The van der Waals surface area contributed by atoms with E-state index in [0.717, 1.165) is 49.4 Å². The van der Waals surface area contributed by atoms with Crippen molar-refractivity contribution in [2.24, 2.45) is 0 Å². The van der Waals surface area contributed by atoms with Gasteiger partial charge in [0, 0.05) is 31.4 Å². The van der Waals surface area contributed by atoms with Gasteiger partial charge in [-0.15, -0.1) is 0 Å². The minimum absolute atomic E-state index is 0.0241. The molecule has 0 spiro atoms. The molecular weight excluding hydrogens is 387 g/mol. The average molecular weight is 412 g/mol. The molecule has 158 valence electrons. The van der Waals surface area contributed by atoms with E-state index < -0.39 is 5.97 Å². The summed E-state index contributed by atoms with van der Waals surface area (Å²) < 4.78 is 20.7. The molecule has 1 aliphatic rings. The van der Waals surface area contributed by atoms with E-state index in [2.05, 4.69) is 20.3 Å². The SMILES string of the molecule is CCOC(=O)c1cnn2ccc(N3CCC[C@H]3c3cc(F)cnc3CCNC)nc12. The van der Waals surface area contributed by atoms with Gasteiger partial charge in [-0.3, -0.25) is 4.98 Å². The van der Waals surface area contributed by atoms with Gasteiger partial charge in [-0.1, -0.05) is 0 Å². The molecule has 1 fully saturated rings. The van der Waals surface area contributed by atoms with Crippen LogP contribution in [0.3, 0.4) is 0 Å². The number of aromatic nitrogens is 4. The van der Waals surface area contributed by atoms with Crippen molar-refractivity contribution in [3.05, 3.63) is 53.4 Å². The van der Waals surface area contributed by atoms with Gasteiger partial charge in [0.1, 0.15) is 17.2 Å². The zero-order valence-corrected chi connectivity index (χ0v) is 17.1. The normalized spacial score (nSPS) is 16.4. The molecule has 0 radical (unpaired) electrons. The number of nitrogens with zero attached hydrogens (tertiary/aromatic N) is 5. The van der Waals surface area contributed by atoms with Crippen LogP contribution in [0.5, 0.6) is 0 Å². The van der Waals surface area contributed by atoms with E-state index >= 15 is 0 Å². The number of carbonyl (C=O) groups is 1. The van der Waals surface area contributed by atoms with Gasteiger partial charge in [-0.25, -0.2) is 18.7 Å². The number of ether oxygens (including phenoxy) is 1. The van der Waals surface area contributed by atoms with Crippen molar-refractivity contribution in [2.45, 2.75) is 32.2 Å². The smallest absolute Gasteiger partial charge is 0.343 e. The minimum atomic E-state index is -0.446. The molecule has 3 aromatic heterocycles. The predicted molar refractivity (Wildman–Crippen MR) is 110 cm³/mol. The third-order valence-corrected chi connectivity index (χ3v) is 5.34. The molecule has 8 nitrogen and oxygen atoms in total. The van der Waals surface area contributed by atoms with Crippen LogP contribution < -0.4 is 10.2 Å². The third kappa shape index (κ3) is 3.85. The molecule has 3 aromatic rings. The fraction of sp³-hybridized carbons (Fsp3) is 0.429. The number of rotatable bonds is 7. The van der Waals surface area contributed by atoms with Crippen molar-refractivity contribution in [1.82, 2.24) is 24.9 Å². The molecule has 1 N–H and O–H groups in total. The summed E-state index contributed by atoms with van der Waals surface area (Å²) in [6.07, 6.45) is 7.09. The molecule has 1 saturated heterocycles. The van der Waals surface area contributed by atoms with E-state index in [1.807, 2.05) is 13.1 Å². The maximum absolute atomic E-state index is 14.1. The average Bonchev–Trinajstić information content (AvgIpc) is 3.39. The number of esters is 1. The molecule has 1 atom stereocenters. The summed E-state index contributed by atoms with van der Waals surface area (Å²) in [5, 5.41) is 7.32. The molecule has 0 aromatic carbocycles. The Hall–Kier alpha value is -3.07. The van der Waals surface area contributed by atoms with Crippen molar-refractivity contribution >= 4 is 17.4 Å². The van der Waals surface area contributed by atoms with Crippen molar-refractivity contribution < 1.29 is 13.9 Å². The van der Waals surface area contributed by atoms with Crippen LogP contribution in [-0.2, 0) is 11.2 Å². The summed E-state index contributed by atoms with van der Waals surface area (Å²) in [6, 6.07) is 3.43. The molecule has 4 rings (SSSR count). The number of anilines is 1. The second kappa shape index (κ2) is 8.74. The lowest BCUT2D eigenvalue weighted by Gasteiger charge is -2.27. The maximum Gasteiger partial charge on any atom is 0.343 e. The molecule has 1 aliphatic heterocycles. The van der Waals surface area contributed by atoms with Gasteiger partial charge in [0.2, 0.25) is 0 Å². The van der Waals surface area contributed by atoms with Crippen LogP contribution in [0.2, 0.25) is 0 Å².